The number of nitrogens with one attached hydrogen (secondary N) is 1. The summed E-state index contributed by atoms with van der Waals surface area (Å²) in [4.78, 5) is 0. The van der Waals surface area contributed by atoms with E-state index in [1.807, 2.05) is 6.07 Å². The Labute approximate surface area is 99.2 Å². The van der Waals surface area contributed by atoms with Gasteiger partial charge in [0.1, 0.15) is 0 Å². The number of hydrogen-bond acceptors (Lipinski definition) is 2. The molecule has 0 saturated heterocycles. The van der Waals surface area contributed by atoms with Gasteiger partial charge in [-0.05, 0) is 17.9 Å². The van der Waals surface area contributed by atoms with E-state index in [4.69, 9.17) is 5.84 Å². The van der Waals surface area contributed by atoms with E-state index >= 15 is 0 Å². The van der Waals surface area contributed by atoms with Crippen LogP contribution in [-0.2, 0) is 0 Å². The molecule has 2 nitrogen and oxygen atoms in total. The van der Waals surface area contributed by atoms with Gasteiger partial charge in [0.05, 0.1) is 0 Å². The Morgan fingerprint density at radius 2 is 1.88 bits per heavy atom. The Morgan fingerprint density at radius 3 is 2.38 bits per heavy atom. The Kier molecular flexibility index (Phi) is 6.12. The molecule has 0 radical (unpaired) electrons. The first-order valence-corrected chi connectivity index (χ1v) is 6.34. The van der Waals surface area contributed by atoms with Crippen LogP contribution < -0.4 is 11.3 Å². The van der Waals surface area contributed by atoms with E-state index in [1.54, 1.807) is 0 Å². The second-order valence-corrected chi connectivity index (χ2v) is 4.37. The summed E-state index contributed by atoms with van der Waals surface area (Å²) in [5.74, 6) is 6.33. The number of benzene rings is 1. The van der Waals surface area contributed by atoms with Crippen molar-refractivity contribution >= 4 is 0 Å². The lowest BCUT2D eigenvalue weighted by Gasteiger charge is -2.26. The van der Waals surface area contributed by atoms with Gasteiger partial charge in [0.25, 0.3) is 0 Å². The molecule has 16 heavy (non-hydrogen) atoms. The van der Waals surface area contributed by atoms with Crippen LogP contribution in [-0.4, -0.2) is 0 Å². The van der Waals surface area contributed by atoms with Gasteiger partial charge in [0.15, 0.2) is 0 Å². The van der Waals surface area contributed by atoms with Crippen LogP contribution in [0.5, 0.6) is 0 Å². The fourth-order valence-corrected chi connectivity index (χ4v) is 2.24. The van der Waals surface area contributed by atoms with E-state index in [-0.39, 0.29) is 6.04 Å². The van der Waals surface area contributed by atoms with Gasteiger partial charge in [-0.25, -0.2) is 0 Å². The zero-order valence-corrected chi connectivity index (χ0v) is 10.4. The molecule has 0 fully saturated rings. The van der Waals surface area contributed by atoms with E-state index in [0.717, 1.165) is 0 Å². The van der Waals surface area contributed by atoms with Crippen LogP contribution in [0.25, 0.3) is 0 Å². The topological polar surface area (TPSA) is 38.0 Å². The van der Waals surface area contributed by atoms with Crippen molar-refractivity contribution in [3.05, 3.63) is 35.9 Å². The van der Waals surface area contributed by atoms with Crippen LogP contribution in [0.15, 0.2) is 30.3 Å². The van der Waals surface area contributed by atoms with Crippen LogP contribution >= 0.6 is 0 Å². The number of hydrazine groups is 1. The zero-order valence-electron chi connectivity index (χ0n) is 10.4. The van der Waals surface area contributed by atoms with E-state index in [1.165, 1.54) is 31.2 Å². The minimum absolute atomic E-state index is 0.290. The molecule has 0 amide bonds. The van der Waals surface area contributed by atoms with Crippen molar-refractivity contribution in [1.82, 2.24) is 5.43 Å². The highest BCUT2D eigenvalue weighted by Gasteiger charge is 2.19. The van der Waals surface area contributed by atoms with Crippen molar-refractivity contribution in [1.29, 1.82) is 0 Å². The van der Waals surface area contributed by atoms with Crippen molar-refractivity contribution in [2.45, 2.75) is 45.6 Å². The molecule has 2 unspecified atom stereocenters. The number of hydrogen-bond donors (Lipinski definition) is 2. The fraction of sp³-hybridized carbons (Fsp3) is 0.571. The number of rotatable bonds is 7. The third-order valence-electron chi connectivity index (χ3n) is 3.26. The molecule has 0 aromatic heterocycles. The molecule has 0 heterocycles. The lowest BCUT2D eigenvalue weighted by molar-refractivity contribution is 0.327. The molecule has 0 bridgehead atoms. The summed E-state index contributed by atoms with van der Waals surface area (Å²) in [7, 11) is 0. The molecular formula is C14H24N2. The molecule has 90 valence electrons. The van der Waals surface area contributed by atoms with Crippen molar-refractivity contribution < 1.29 is 0 Å². The first kappa shape index (κ1) is 13.2. The van der Waals surface area contributed by atoms with Gasteiger partial charge in [-0.3, -0.25) is 11.3 Å². The molecule has 0 aliphatic rings. The largest absolute Gasteiger partial charge is 0.271 e. The quantitative estimate of drug-likeness (QED) is 0.546. The van der Waals surface area contributed by atoms with Gasteiger partial charge in [0, 0.05) is 6.04 Å². The molecule has 2 heteroatoms. The van der Waals surface area contributed by atoms with Crippen molar-refractivity contribution in [2.75, 3.05) is 0 Å². The van der Waals surface area contributed by atoms with Crippen LogP contribution in [0.2, 0.25) is 0 Å². The molecule has 1 aromatic carbocycles. The second kappa shape index (κ2) is 7.42. The summed E-state index contributed by atoms with van der Waals surface area (Å²) in [6, 6.07) is 10.8. The molecule has 0 aliphatic carbocycles. The average molecular weight is 220 g/mol. The summed E-state index contributed by atoms with van der Waals surface area (Å²) < 4.78 is 0. The van der Waals surface area contributed by atoms with Crippen molar-refractivity contribution in [3.63, 3.8) is 0 Å². The summed E-state index contributed by atoms with van der Waals surface area (Å²) in [6.45, 7) is 4.48. The predicted molar refractivity (Wildman–Crippen MR) is 69.8 cm³/mol. The third-order valence-corrected chi connectivity index (χ3v) is 3.26. The van der Waals surface area contributed by atoms with Gasteiger partial charge in [-0.15, -0.1) is 0 Å². The Balaban J connectivity index is 2.71. The van der Waals surface area contributed by atoms with Crippen LogP contribution in [0.3, 0.4) is 0 Å². The molecule has 0 saturated carbocycles. The Hall–Kier alpha value is -0.860. The SMILES string of the molecule is CCCCC(CC)C(NN)c1ccccc1. The minimum Gasteiger partial charge on any atom is -0.271 e. The van der Waals surface area contributed by atoms with Crippen LogP contribution in [0.4, 0.5) is 0 Å². The highest BCUT2D eigenvalue weighted by molar-refractivity contribution is 5.19. The lowest BCUT2D eigenvalue weighted by atomic mass is 9.87. The maximum Gasteiger partial charge on any atom is 0.0488 e. The molecule has 0 aliphatic heterocycles. The molecular weight excluding hydrogens is 196 g/mol. The monoisotopic (exact) mass is 220 g/mol. The maximum absolute atomic E-state index is 5.70. The third kappa shape index (κ3) is 3.62. The summed E-state index contributed by atoms with van der Waals surface area (Å²) in [5.41, 5.74) is 4.28. The normalized spacial score (nSPS) is 14.7. The first-order chi connectivity index (χ1) is 7.83. The summed E-state index contributed by atoms with van der Waals surface area (Å²) >= 11 is 0. The fourth-order valence-electron chi connectivity index (χ4n) is 2.24. The van der Waals surface area contributed by atoms with Crippen molar-refractivity contribution in [3.8, 4) is 0 Å². The second-order valence-electron chi connectivity index (χ2n) is 4.37. The highest BCUT2D eigenvalue weighted by Crippen LogP contribution is 2.28. The predicted octanol–water partition coefficient (Wildman–Crippen LogP) is 3.41. The van der Waals surface area contributed by atoms with Crippen LogP contribution in [0, 0.1) is 5.92 Å². The smallest absolute Gasteiger partial charge is 0.0488 e. The zero-order chi connectivity index (χ0) is 11.8. The van der Waals surface area contributed by atoms with Gasteiger partial charge in [0.2, 0.25) is 0 Å². The molecule has 3 N–H and O–H groups in total. The molecule has 1 aromatic rings. The van der Waals surface area contributed by atoms with E-state index in [0.29, 0.717) is 5.92 Å². The maximum atomic E-state index is 5.70. The summed E-state index contributed by atoms with van der Waals surface area (Å²) in [6.07, 6.45) is 4.95. The van der Waals surface area contributed by atoms with E-state index in [2.05, 4.69) is 43.5 Å². The average Bonchev–Trinajstić information content (AvgIpc) is 2.35. The van der Waals surface area contributed by atoms with E-state index in [9.17, 15) is 0 Å². The Bertz CT molecular complexity index is 271. The van der Waals surface area contributed by atoms with Gasteiger partial charge in [-0.2, -0.15) is 0 Å². The standard InChI is InChI=1S/C14H24N2/c1-3-5-9-12(4-2)14(16-15)13-10-7-6-8-11-13/h6-8,10-12,14,16H,3-5,9,15H2,1-2H3. The van der Waals surface area contributed by atoms with Gasteiger partial charge >= 0.3 is 0 Å². The van der Waals surface area contributed by atoms with E-state index < -0.39 is 0 Å². The first-order valence-electron chi connectivity index (χ1n) is 6.34. The van der Waals surface area contributed by atoms with Gasteiger partial charge < -0.3 is 0 Å². The molecule has 1 rings (SSSR count). The molecule has 2 atom stereocenters. The van der Waals surface area contributed by atoms with Crippen LogP contribution in [0.1, 0.15) is 51.1 Å². The Morgan fingerprint density at radius 1 is 1.19 bits per heavy atom. The highest BCUT2D eigenvalue weighted by atomic mass is 15.2. The number of nitrogens with two attached hydrogens (primary N) is 1. The summed E-state index contributed by atoms with van der Waals surface area (Å²) in [5, 5.41) is 0. The van der Waals surface area contributed by atoms with Crippen molar-refractivity contribution in [2.24, 2.45) is 11.8 Å². The minimum atomic E-state index is 0.290. The number of unbranched alkanes of at least 4 members (excludes halogenated alkanes) is 1. The molecule has 0 spiro atoms. The van der Waals surface area contributed by atoms with Gasteiger partial charge in [-0.1, -0.05) is 63.4 Å². The lowest BCUT2D eigenvalue weighted by Crippen LogP contribution is -2.33.